The van der Waals surface area contributed by atoms with Gasteiger partial charge in [-0.1, -0.05) is 5.16 Å². The first-order chi connectivity index (χ1) is 5.33. The van der Waals surface area contributed by atoms with Crippen molar-refractivity contribution in [1.82, 2.24) is 0 Å². The van der Waals surface area contributed by atoms with Crippen LogP contribution in [0.15, 0.2) is 22.0 Å². The zero-order chi connectivity index (χ0) is 8.10. The molecule has 2 nitrogen and oxygen atoms in total. The topological polar surface area (TPSA) is 32.6 Å². The van der Waals surface area contributed by atoms with Crippen LogP contribution in [-0.2, 0) is 6.42 Å². The first-order valence-electron chi connectivity index (χ1n) is 3.51. The third-order valence-electron chi connectivity index (χ3n) is 1.53. The molecule has 0 aliphatic rings. The molecular formula is C8H11NOS. The summed E-state index contributed by atoms with van der Waals surface area (Å²) in [6.07, 6.45) is 1.81. The van der Waals surface area contributed by atoms with Gasteiger partial charge in [-0.15, -0.1) is 0 Å². The molecule has 0 saturated heterocycles. The van der Waals surface area contributed by atoms with Gasteiger partial charge in [-0.25, -0.2) is 0 Å². The van der Waals surface area contributed by atoms with E-state index in [4.69, 9.17) is 5.21 Å². The fraction of sp³-hybridized carbons (Fsp3) is 0.375. The predicted octanol–water partition coefficient (Wildman–Crippen LogP) is 2.53. The normalized spacial score (nSPS) is 11.9. The van der Waals surface area contributed by atoms with Crippen molar-refractivity contribution in [3.63, 3.8) is 0 Å². The Hall–Kier alpha value is -0.830. The molecule has 0 amide bonds. The van der Waals surface area contributed by atoms with Crippen molar-refractivity contribution in [2.75, 3.05) is 0 Å². The molecule has 0 atom stereocenters. The van der Waals surface area contributed by atoms with Crippen molar-refractivity contribution in [1.29, 1.82) is 0 Å². The second-order valence-electron chi connectivity index (χ2n) is 2.47. The zero-order valence-electron chi connectivity index (χ0n) is 6.45. The maximum Gasteiger partial charge on any atom is 0.0543 e. The van der Waals surface area contributed by atoms with Crippen molar-refractivity contribution in [2.24, 2.45) is 5.16 Å². The third-order valence-corrected chi connectivity index (χ3v) is 2.26. The number of oxime groups is 1. The monoisotopic (exact) mass is 169 g/mol. The van der Waals surface area contributed by atoms with Gasteiger partial charge in [0.15, 0.2) is 0 Å². The summed E-state index contributed by atoms with van der Waals surface area (Å²) in [7, 11) is 0. The number of hydrogen-bond donors (Lipinski definition) is 1. The van der Waals surface area contributed by atoms with Gasteiger partial charge in [0.2, 0.25) is 0 Å². The van der Waals surface area contributed by atoms with Gasteiger partial charge in [-0.2, -0.15) is 11.3 Å². The quantitative estimate of drug-likeness (QED) is 0.421. The Morgan fingerprint density at radius 3 is 3.09 bits per heavy atom. The summed E-state index contributed by atoms with van der Waals surface area (Å²) in [4.78, 5) is 0. The van der Waals surface area contributed by atoms with Crippen molar-refractivity contribution < 1.29 is 5.21 Å². The largest absolute Gasteiger partial charge is 0.411 e. The highest BCUT2D eigenvalue weighted by Crippen LogP contribution is 2.08. The Balaban J connectivity index is 2.35. The fourth-order valence-electron chi connectivity index (χ4n) is 0.810. The van der Waals surface area contributed by atoms with E-state index in [-0.39, 0.29) is 0 Å². The SMILES string of the molecule is CC(CCc1ccsc1)=NO. The van der Waals surface area contributed by atoms with Gasteiger partial charge in [-0.05, 0) is 42.2 Å². The van der Waals surface area contributed by atoms with E-state index < -0.39 is 0 Å². The van der Waals surface area contributed by atoms with Gasteiger partial charge in [0.25, 0.3) is 0 Å². The Labute approximate surface area is 70.2 Å². The Morgan fingerprint density at radius 1 is 1.73 bits per heavy atom. The molecule has 0 bridgehead atoms. The van der Waals surface area contributed by atoms with Crippen LogP contribution in [0.1, 0.15) is 18.9 Å². The highest BCUT2D eigenvalue weighted by Gasteiger charge is 1.95. The minimum Gasteiger partial charge on any atom is -0.411 e. The highest BCUT2D eigenvalue weighted by molar-refractivity contribution is 7.07. The predicted molar refractivity (Wildman–Crippen MR) is 47.5 cm³/mol. The molecule has 1 rings (SSSR count). The summed E-state index contributed by atoms with van der Waals surface area (Å²) in [6, 6.07) is 2.09. The van der Waals surface area contributed by atoms with Crippen molar-refractivity contribution in [3.05, 3.63) is 22.4 Å². The van der Waals surface area contributed by atoms with Crippen LogP contribution < -0.4 is 0 Å². The van der Waals surface area contributed by atoms with Crippen molar-refractivity contribution in [3.8, 4) is 0 Å². The lowest BCUT2D eigenvalue weighted by atomic mass is 10.1. The highest BCUT2D eigenvalue weighted by atomic mass is 32.1. The molecule has 3 heteroatoms. The van der Waals surface area contributed by atoms with E-state index in [1.165, 1.54) is 5.56 Å². The van der Waals surface area contributed by atoms with Gasteiger partial charge in [-0.3, -0.25) is 0 Å². The van der Waals surface area contributed by atoms with Gasteiger partial charge in [0.1, 0.15) is 0 Å². The van der Waals surface area contributed by atoms with E-state index in [1.54, 1.807) is 11.3 Å². The molecule has 0 fully saturated rings. The van der Waals surface area contributed by atoms with E-state index in [0.717, 1.165) is 18.6 Å². The fourth-order valence-corrected chi connectivity index (χ4v) is 1.51. The van der Waals surface area contributed by atoms with Crippen LogP contribution in [0.5, 0.6) is 0 Å². The minimum absolute atomic E-state index is 0.788. The average molecular weight is 169 g/mol. The molecule has 0 radical (unpaired) electrons. The van der Waals surface area contributed by atoms with Crippen LogP contribution in [0, 0.1) is 0 Å². The Bertz CT molecular complexity index is 228. The number of aryl methyl sites for hydroxylation is 1. The smallest absolute Gasteiger partial charge is 0.0543 e. The molecule has 11 heavy (non-hydrogen) atoms. The van der Waals surface area contributed by atoms with Crippen LogP contribution in [0.2, 0.25) is 0 Å². The third kappa shape index (κ3) is 2.72. The van der Waals surface area contributed by atoms with Gasteiger partial charge in [0.05, 0.1) is 5.71 Å². The van der Waals surface area contributed by atoms with Crippen molar-refractivity contribution in [2.45, 2.75) is 19.8 Å². The molecule has 0 spiro atoms. The zero-order valence-corrected chi connectivity index (χ0v) is 7.27. The van der Waals surface area contributed by atoms with E-state index in [1.807, 2.05) is 6.92 Å². The van der Waals surface area contributed by atoms with Crippen molar-refractivity contribution >= 4 is 17.0 Å². The van der Waals surface area contributed by atoms with Gasteiger partial charge < -0.3 is 5.21 Å². The molecule has 1 heterocycles. The molecule has 0 aliphatic heterocycles. The molecule has 0 unspecified atom stereocenters. The molecule has 60 valence electrons. The maximum atomic E-state index is 8.35. The van der Waals surface area contributed by atoms with E-state index >= 15 is 0 Å². The molecule has 0 aliphatic carbocycles. The summed E-state index contributed by atoms with van der Waals surface area (Å²) >= 11 is 1.70. The Morgan fingerprint density at radius 2 is 2.55 bits per heavy atom. The van der Waals surface area contributed by atoms with Crippen LogP contribution in [0.25, 0.3) is 0 Å². The summed E-state index contributed by atoms with van der Waals surface area (Å²) < 4.78 is 0. The Kier molecular flexibility index (Phi) is 3.11. The van der Waals surface area contributed by atoms with Gasteiger partial charge >= 0.3 is 0 Å². The van der Waals surface area contributed by atoms with E-state index in [9.17, 15) is 0 Å². The molecule has 1 aromatic heterocycles. The molecule has 1 aromatic rings. The van der Waals surface area contributed by atoms with Crippen LogP contribution >= 0.6 is 11.3 Å². The lowest BCUT2D eigenvalue weighted by molar-refractivity contribution is 0.317. The summed E-state index contributed by atoms with van der Waals surface area (Å²) in [5.74, 6) is 0. The lowest BCUT2D eigenvalue weighted by Gasteiger charge is -1.94. The van der Waals surface area contributed by atoms with Crippen LogP contribution in [0.4, 0.5) is 0 Å². The van der Waals surface area contributed by atoms with Crippen LogP contribution in [-0.4, -0.2) is 10.9 Å². The number of hydrogen-bond acceptors (Lipinski definition) is 3. The maximum absolute atomic E-state index is 8.35. The molecule has 0 aromatic carbocycles. The standard InChI is InChI=1S/C8H11NOS/c1-7(9-10)2-3-8-4-5-11-6-8/h4-6,10H,2-3H2,1H3. The summed E-state index contributed by atoms with van der Waals surface area (Å²) in [5, 5.41) is 15.6. The van der Waals surface area contributed by atoms with Gasteiger partial charge in [0, 0.05) is 0 Å². The first-order valence-corrected chi connectivity index (χ1v) is 4.46. The second-order valence-corrected chi connectivity index (χ2v) is 3.25. The van der Waals surface area contributed by atoms with E-state index in [0.29, 0.717) is 0 Å². The molecule has 0 saturated carbocycles. The average Bonchev–Trinajstić information content (AvgIpc) is 2.52. The second kappa shape index (κ2) is 4.13. The first kappa shape index (κ1) is 8.27. The summed E-state index contributed by atoms with van der Waals surface area (Å²) in [6.45, 7) is 1.83. The number of thiophene rings is 1. The van der Waals surface area contributed by atoms with E-state index in [2.05, 4.69) is 22.0 Å². The minimum atomic E-state index is 0.788. The molecular weight excluding hydrogens is 158 g/mol. The van der Waals surface area contributed by atoms with Crippen LogP contribution in [0.3, 0.4) is 0 Å². The number of nitrogens with zero attached hydrogens (tertiary/aromatic N) is 1. The molecule has 1 N–H and O–H groups in total. The lowest BCUT2D eigenvalue weighted by Crippen LogP contribution is -1.93. The number of rotatable bonds is 3. The summed E-state index contributed by atoms with van der Waals surface area (Å²) in [5.41, 5.74) is 2.11.